The second-order valence-corrected chi connectivity index (χ2v) is 8.65. The average Bonchev–Trinajstić information content (AvgIpc) is 2.91. The van der Waals surface area contributed by atoms with Gasteiger partial charge in [-0.2, -0.15) is 5.26 Å². The number of rotatable bonds is 6. The van der Waals surface area contributed by atoms with Crippen LogP contribution >= 0.6 is 11.6 Å². The molecule has 1 aliphatic carbocycles. The molecule has 0 fully saturated rings. The summed E-state index contributed by atoms with van der Waals surface area (Å²) in [6.45, 7) is -0.244. The van der Waals surface area contributed by atoms with Gasteiger partial charge in [0.15, 0.2) is 12.4 Å². The van der Waals surface area contributed by atoms with Crippen molar-refractivity contribution in [2.75, 3.05) is 13.7 Å². The van der Waals surface area contributed by atoms with Crippen LogP contribution < -0.4 is 9.47 Å². The van der Waals surface area contributed by atoms with E-state index in [4.69, 9.17) is 26.1 Å². The fraction of sp³-hybridized carbons (Fsp3) is 0.138. The van der Waals surface area contributed by atoms with E-state index < -0.39 is 0 Å². The highest BCUT2D eigenvalue weighted by Gasteiger charge is 2.27. The molecule has 0 saturated carbocycles. The van der Waals surface area contributed by atoms with Crippen LogP contribution in [0.1, 0.15) is 27.0 Å². The molecule has 35 heavy (non-hydrogen) atoms. The lowest BCUT2D eigenvalue weighted by atomic mass is 9.83. The van der Waals surface area contributed by atoms with E-state index in [0.29, 0.717) is 16.1 Å². The number of fused-ring (bicyclic) bond motifs is 3. The van der Waals surface area contributed by atoms with Gasteiger partial charge in [-0.25, -0.2) is 4.98 Å². The number of hydrogen-bond acceptors (Lipinski definition) is 5. The van der Waals surface area contributed by atoms with Crippen molar-refractivity contribution in [2.45, 2.75) is 12.8 Å². The first kappa shape index (κ1) is 22.6. The van der Waals surface area contributed by atoms with E-state index in [1.54, 1.807) is 31.4 Å². The van der Waals surface area contributed by atoms with E-state index in [1.165, 1.54) is 5.56 Å². The maximum Gasteiger partial charge on any atom is 0.233 e. The summed E-state index contributed by atoms with van der Waals surface area (Å²) >= 11 is 5.94. The number of halogens is 1. The van der Waals surface area contributed by atoms with Gasteiger partial charge in [0.2, 0.25) is 5.88 Å². The average molecular weight is 481 g/mol. The molecule has 3 aromatic carbocycles. The third-order valence-electron chi connectivity index (χ3n) is 6.18. The van der Waals surface area contributed by atoms with Crippen LogP contribution in [0.2, 0.25) is 5.02 Å². The Morgan fingerprint density at radius 2 is 1.77 bits per heavy atom. The van der Waals surface area contributed by atoms with Crippen LogP contribution in [0.25, 0.3) is 22.4 Å². The summed E-state index contributed by atoms with van der Waals surface area (Å²) < 4.78 is 11.2. The van der Waals surface area contributed by atoms with E-state index in [-0.39, 0.29) is 18.3 Å². The Labute approximate surface area is 208 Å². The molecule has 0 amide bonds. The van der Waals surface area contributed by atoms with E-state index in [0.717, 1.165) is 46.5 Å². The zero-order chi connectivity index (χ0) is 24.4. The molecule has 0 unspecified atom stereocenters. The summed E-state index contributed by atoms with van der Waals surface area (Å²) in [5.74, 6) is 0.651. The van der Waals surface area contributed by atoms with E-state index in [1.807, 2.05) is 42.5 Å². The van der Waals surface area contributed by atoms with E-state index in [9.17, 15) is 10.1 Å². The lowest BCUT2D eigenvalue weighted by molar-refractivity contribution is 0.0918. The van der Waals surface area contributed by atoms with Crippen molar-refractivity contribution < 1.29 is 14.3 Å². The van der Waals surface area contributed by atoms with Gasteiger partial charge in [0.05, 0.1) is 12.8 Å². The van der Waals surface area contributed by atoms with Crippen LogP contribution in [0.4, 0.5) is 0 Å². The first-order valence-electron chi connectivity index (χ1n) is 11.2. The third kappa shape index (κ3) is 4.37. The molecule has 6 heteroatoms. The van der Waals surface area contributed by atoms with Crippen molar-refractivity contribution in [2.24, 2.45) is 0 Å². The number of nitriles is 1. The number of Topliss-reactive ketones (excluding diaryl/α,β-unsaturated/α-hetero) is 1. The molecule has 0 atom stereocenters. The minimum Gasteiger partial charge on any atom is -0.497 e. The zero-order valence-electron chi connectivity index (χ0n) is 19.0. The van der Waals surface area contributed by atoms with E-state index >= 15 is 0 Å². The Bertz CT molecular complexity index is 1460. The van der Waals surface area contributed by atoms with Gasteiger partial charge in [0.1, 0.15) is 17.4 Å². The quantitative estimate of drug-likeness (QED) is 0.302. The molecule has 1 heterocycles. The van der Waals surface area contributed by atoms with Gasteiger partial charge >= 0.3 is 0 Å². The summed E-state index contributed by atoms with van der Waals surface area (Å²) in [5, 5.41) is 10.7. The second-order valence-electron chi connectivity index (χ2n) is 8.21. The summed E-state index contributed by atoms with van der Waals surface area (Å²) in [6.07, 6.45) is 1.60. The van der Waals surface area contributed by atoms with Gasteiger partial charge in [0, 0.05) is 21.7 Å². The first-order chi connectivity index (χ1) is 17.1. The lowest BCUT2D eigenvalue weighted by Crippen LogP contribution is -2.15. The highest BCUT2D eigenvalue weighted by Crippen LogP contribution is 2.42. The highest BCUT2D eigenvalue weighted by atomic mass is 35.5. The zero-order valence-corrected chi connectivity index (χ0v) is 19.8. The summed E-state index contributed by atoms with van der Waals surface area (Å²) in [7, 11) is 1.62. The molecule has 0 bridgehead atoms. The number of aromatic nitrogens is 1. The van der Waals surface area contributed by atoms with Gasteiger partial charge in [-0.1, -0.05) is 48.0 Å². The van der Waals surface area contributed by atoms with Crippen LogP contribution in [0, 0.1) is 11.3 Å². The number of aryl methyl sites for hydroxylation is 1. The predicted octanol–water partition coefficient (Wildman–Crippen LogP) is 6.31. The Morgan fingerprint density at radius 1 is 1.03 bits per heavy atom. The number of hydrogen-bond donors (Lipinski definition) is 0. The Hall–Kier alpha value is -4.14. The number of carbonyl (C=O) groups excluding carboxylic acids is 1. The van der Waals surface area contributed by atoms with Gasteiger partial charge in [-0.3, -0.25) is 4.79 Å². The number of ether oxygens (including phenoxy) is 2. The molecule has 0 N–H and O–H groups in total. The molecule has 0 saturated heterocycles. The second kappa shape index (κ2) is 9.61. The van der Waals surface area contributed by atoms with Gasteiger partial charge in [-0.15, -0.1) is 0 Å². The molecule has 4 aromatic rings. The highest BCUT2D eigenvalue weighted by molar-refractivity contribution is 6.30. The number of nitrogens with zero attached hydrogens (tertiary/aromatic N) is 2. The topological polar surface area (TPSA) is 72.2 Å². The van der Waals surface area contributed by atoms with E-state index in [2.05, 4.69) is 12.1 Å². The van der Waals surface area contributed by atoms with Crippen molar-refractivity contribution in [1.29, 1.82) is 5.26 Å². The smallest absolute Gasteiger partial charge is 0.233 e. The molecular formula is C29H21ClN2O3. The fourth-order valence-electron chi connectivity index (χ4n) is 4.43. The summed E-state index contributed by atoms with van der Waals surface area (Å²) in [5.41, 5.74) is 6.44. The molecule has 5 nitrogen and oxygen atoms in total. The maximum atomic E-state index is 12.7. The first-order valence-corrected chi connectivity index (χ1v) is 11.6. The number of methoxy groups -OCH3 is 1. The lowest BCUT2D eigenvalue weighted by Gasteiger charge is -2.24. The third-order valence-corrected chi connectivity index (χ3v) is 6.43. The molecule has 1 aliphatic rings. The minimum absolute atomic E-state index is 0.149. The van der Waals surface area contributed by atoms with Gasteiger partial charge in [0.25, 0.3) is 0 Å². The minimum atomic E-state index is -0.244. The number of pyridine rings is 1. The summed E-state index contributed by atoms with van der Waals surface area (Å²) in [4.78, 5) is 17.5. The van der Waals surface area contributed by atoms with Gasteiger partial charge < -0.3 is 9.47 Å². The van der Waals surface area contributed by atoms with Crippen molar-refractivity contribution >= 4 is 17.4 Å². The number of carbonyl (C=O) groups is 1. The Balaban J connectivity index is 1.62. The summed E-state index contributed by atoms with van der Waals surface area (Å²) in [6, 6.07) is 24.6. The largest absolute Gasteiger partial charge is 0.497 e. The molecular weight excluding hydrogens is 460 g/mol. The van der Waals surface area contributed by atoms with Crippen LogP contribution in [0.5, 0.6) is 11.6 Å². The standard InChI is InChI=1S/C29H21ClN2O3/c1-34-22-13-8-20(9-14-22)27-24-15-10-18-4-2-3-5-23(18)28(24)32-29(25(27)16-31)35-17-26(33)19-6-11-21(30)12-7-19/h2-9,11-14H,10,15,17H2,1H3. The molecule has 0 aliphatic heterocycles. The van der Waals surface area contributed by atoms with Crippen LogP contribution in [-0.4, -0.2) is 24.5 Å². The van der Waals surface area contributed by atoms with Crippen molar-refractivity contribution in [3.63, 3.8) is 0 Å². The molecule has 0 spiro atoms. The van der Waals surface area contributed by atoms with Gasteiger partial charge in [-0.05, 0) is 65.9 Å². The number of benzene rings is 3. The van der Waals surface area contributed by atoms with Crippen LogP contribution in [-0.2, 0) is 12.8 Å². The SMILES string of the molecule is COc1ccc(-c2c(C#N)c(OCC(=O)c3ccc(Cl)cc3)nc3c2CCc2ccccc2-3)cc1. The molecule has 0 radical (unpaired) electrons. The molecule has 1 aromatic heterocycles. The molecule has 5 rings (SSSR count). The molecule has 172 valence electrons. The number of ketones is 1. The maximum absolute atomic E-state index is 12.7. The monoisotopic (exact) mass is 480 g/mol. The van der Waals surface area contributed by atoms with Crippen LogP contribution in [0.3, 0.4) is 0 Å². The van der Waals surface area contributed by atoms with Crippen molar-refractivity contribution in [3.05, 3.63) is 100 Å². The normalized spacial score (nSPS) is 11.7. The predicted molar refractivity (Wildman–Crippen MR) is 135 cm³/mol. The van der Waals surface area contributed by atoms with Crippen LogP contribution in [0.15, 0.2) is 72.8 Å². The van der Waals surface area contributed by atoms with Crippen molar-refractivity contribution in [1.82, 2.24) is 4.98 Å². The Morgan fingerprint density at radius 3 is 2.49 bits per heavy atom. The fourth-order valence-corrected chi connectivity index (χ4v) is 4.56. The van der Waals surface area contributed by atoms with Crippen molar-refractivity contribution in [3.8, 4) is 40.1 Å². The Kier molecular flexibility index (Phi) is 6.22.